The van der Waals surface area contributed by atoms with Crippen LogP contribution in [0.3, 0.4) is 0 Å². The number of aromatic nitrogens is 4. The molecule has 13 heteroatoms. The van der Waals surface area contributed by atoms with Crippen LogP contribution in [0.25, 0.3) is 11.2 Å². The average Bonchev–Trinajstić information content (AvgIpc) is 3.11. The highest BCUT2D eigenvalue weighted by Gasteiger charge is 2.45. The van der Waals surface area contributed by atoms with Crippen molar-refractivity contribution in [1.29, 1.82) is 0 Å². The number of fused-ring (bicyclic) bond motifs is 1. The van der Waals surface area contributed by atoms with E-state index in [1.807, 2.05) is 0 Å². The molecule has 1 fully saturated rings. The van der Waals surface area contributed by atoms with Crippen molar-refractivity contribution in [2.45, 2.75) is 36.6 Å². The van der Waals surface area contributed by atoms with E-state index in [9.17, 15) is 24.9 Å². The molecule has 0 unspecified atom stereocenters. The van der Waals surface area contributed by atoms with E-state index in [4.69, 9.17) is 15.2 Å². The van der Waals surface area contributed by atoms with Gasteiger partial charge in [0.2, 0.25) is 5.95 Å². The van der Waals surface area contributed by atoms with Gasteiger partial charge in [0.25, 0.3) is 5.56 Å². The van der Waals surface area contributed by atoms with Gasteiger partial charge in [-0.2, -0.15) is 4.98 Å². The second kappa shape index (κ2) is 7.82. The summed E-state index contributed by atoms with van der Waals surface area (Å²) >= 11 is 0.943. The Bertz CT molecular complexity index is 900. The Morgan fingerprint density at radius 2 is 2.15 bits per heavy atom. The minimum Gasteiger partial charge on any atom is -0.465 e. The van der Waals surface area contributed by atoms with Gasteiger partial charge in [0, 0.05) is 0 Å². The molecule has 1 aliphatic heterocycles. The lowest BCUT2D eigenvalue weighted by atomic mass is 10.1. The third-order valence-corrected chi connectivity index (χ3v) is 4.86. The highest BCUT2D eigenvalue weighted by atomic mass is 32.2. The summed E-state index contributed by atoms with van der Waals surface area (Å²) in [7, 11) is 0. The number of rotatable bonds is 6. The third kappa shape index (κ3) is 3.64. The van der Waals surface area contributed by atoms with E-state index in [1.165, 1.54) is 4.57 Å². The van der Waals surface area contributed by atoms with Gasteiger partial charge in [-0.15, -0.1) is 0 Å². The molecule has 0 aliphatic carbocycles. The molecule has 0 spiro atoms. The number of nitrogens with two attached hydrogens (primary N) is 1. The van der Waals surface area contributed by atoms with Gasteiger partial charge in [-0.1, -0.05) is 11.8 Å². The molecule has 0 saturated carbocycles. The molecule has 0 bridgehead atoms. The zero-order valence-corrected chi connectivity index (χ0v) is 15.0. The van der Waals surface area contributed by atoms with Crippen molar-refractivity contribution in [2.24, 2.45) is 0 Å². The summed E-state index contributed by atoms with van der Waals surface area (Å²) in [5.74, 6) is -0.787. The molecular weight excluding hydrogens is 382 g/mol. The number of imidazole rings is 1. The molecule has 27 heavy (non-hydrogen) atoms. The summed E-state index contributed by atoms with van der Waals surface area (Å²) < 4.78 is 11.6. The van der Waals surface area contributed by atoms with Crippen LogP contribution in [0.1, 0.15) is 13.2 Å². The van der Waals surface area contributed by atoms with Gasteiger partial charge in [0.05, 0.1) is 19.0 Å². The summed E-state index contributed by atoms with van der Waals surface area (Å²) in [5, 5.41) is 29.8. The molecule has 2 aromatic heterocycles. The number of hydrogen-bond acceptors (Lipinski definition) is 11. The van der Waals surface area contributed by atoms with Crippen LogP contribution in [-0.2, 0) is 14.3 Å². The number of ether oxygens (including phenoxy) is 2. The zero-order chi connectivity index (χ0) is 19.7. The zero-order valence-electron chi connectivity index (χ0n) is 14.2. The van der Waals surface area contributed by atoms with E-state index in [1.54, 1.807) is 6.92 Å². The Labute approximate surface area is 156 Å². The van der Waals surface area contributed by atoms with Gasteiger partial charge in [-0.05, 0) is 6.92 Å². The van der Waals surface area contributed by atoms with Gasteiger partial charge in [0.15, 0.2) is 22.5 Å². The minimum absolute atomic E-state index is 0.0115. The fourth-order valence-corrected chi connectivity index (χ4v) is 3.55. The first-order valence-corrected chi connectivity index (χ1v) is 9.04. The van der Waals surface area contributed by atoms with Crippen molar-refractivity contribution in [3.05, 3.63) is 10.4 Å². The minimum atomic E-state index is -1.43. The second-order valence-electron chi connectivity index (χ2n) is 5.71. The Balaban J connectivity index is 2.06. The van der Waals surface area contributed by atoms with Crippen molar-refractivity contribution < 1.29 is 29.6 Å². The largest absolute Gasteiger partial charge is 0.465 e. The first-order chi connectivity index (χ1) is 12.9. The number of aromatic amines is 1. The number of aliphatic hydroxyl groups excluding tert-OH is 3. The fourth-order valence-electron chi connectivity index (χ4n) is 2.73. The molecule has 12 nitrogen and oxygen atoms in total. The monoisotopic (exact) mass is 401 g/mol. The van der Waals surface area contributed by atoms with Gasteiger partial charge in [-0.25, -0.2) is 4.98 Å². The van der Waals surface area contributed by atoms with Crippen molar-refractivity contribution in [3.8, 4) is 0 Å². The highest BCUT2D eigenvalue weighted by Crippen LogP contribution is 2.35. The predicted octanol–water partition coefficient (Wildman–Crippen LogP) is -2.03. The fraction of sp³-hybridized carbons (Fsp3) is 0.571. The molecule has 4 atom stereocenters. The Morgan fingerprint density at radius 1 is 1.41 bits per heavy atom. The van der Waals surface area contributed by atoms with E-state index < -0.39 is 42.7 Å². The Hall–Kier alpha value is -2.19. The van der Waals surface area contributed by atoms with E-state index in [-0.39, 0.29) is 34.6 Å². The molecule has 1 saturated heterocycles. The molecule has 1 aliphatic rings. The number of thioether (sulfide) groups is 1. The maximum absolute atomic E-state index is 12.1. The standard InChI is InChI=1S/C14H19N5O7S/c1-2-25-6(21)4-27-14-16-7-10(17-13(15)18-11(7)24)19(14)12-9(23)8(22)5(3-20)26-12/h5,8-9,12,20,22-23H,2-4H2,1H3,(H3,15,17,18,24)/t5-,8-,9-,12-/m0/s1. The number of nitrogen functional groups attached to an aromatic ring is 1. The quantitative estimate of drug-likeness (QED) is 0.265. The van der Waals surface area contributed by atoms with Crippen LogP contribution in [0.15, 0.2) is 9.95 Å². The van der Waals surface area contributed by atoms with E-state index in [0.717, 1.165) is 11.8 Å². The molecule has 148 valence electrons. The van der Waals surface area contributed by atoms with Crippen molar-refractivity contribution >= 4 is 34.8 Å². The number of esters is 1. The summed E-state index contributed by atoms with van der Waals surface area (Å²) in [4.78, 5) is 34.3. The van der Waals surface area contributed by atoms with E-state index in [0.29, 0.717) is 0 Å². The lowest BCUT2D eigenvalue weighted by molar-refractivity contribution is -0.139. The maximum Gasteiger partial charge on any atom is 0.316 e. The van der Waals surface area contributed by atoms with Crippen molar-refractivity contribution in [3.63, 3.8) is 0 Å². The predicted molar refractivity (Wildman–Crippen MR) is 92.9 cm³/mol. The lowest BCUT2D eigenvalue weighted by Crippen LogP contribution is -2.33. The number of carbonyl (C=O) groups excluding carboxylic acids is 1. The number of anilines is 1. The Morgan fingerprint density at radius 3 is 2.78 bits per heavy atom. The highest BCUT2D eigenvalue weighted by molar-refractivity contribution is 7.99. The van der Waals surface area contributed by atoms with Crippen molar-refractivity contribution in [2.75, 3.05) is 24.7 Å². The van der Waals surface area contributed by atoms with Crippen LogP contribution in [-0.4, -0.2) is 78.1 Å². The lowest BCUT2D eigenvalue weighted by Gasteiger charge is -2.19. The molecule has 0 amide bonds. The Kier molecular flexibility index (Phi) is 5.67. The van der Waals surface area contributed by atoms with E-state index in [2.05, 4.69) is 15.0 Å². The van der Waals surface area contributed by atoms with E-state index >= 15 is 0 Å². The first-order valence-electron chi connectivity index (χ1n) is 8.06. The summed E-state index contributed by atoms with van der Waals surface area (Å²) in [6.07, 6.45) is -5.02. The molecule has 0 aromatic carbocycles. The topological polar surface area (TPSA) is 186 Å². The normalized spacial score (nSPS) is 25.2. The number of hydrogen-bond donors (Lipinski definition) is 5. The third-order valence-electron chi connectivity index (χ3n) is 3.93. The van der Waals surface area contributed by atoms with Crippen LogP contribution in [0.4, 0.5) is 5.95 Å². The SMILES string of the molecule is CCOC(=O)CSc1nc2c(=O)[nH]c(N)nc2n1[C@H]1O[C@@H](CO)[C@H](O)[C@@H]1O. The van der Waals surface area contributed by atoms with Gasteiger partial charge in [-0.3, -0.25) is 19.1 Å². The molecule has 0 radical (unpaired) electrons. The molecule has 3 heterocycles. The second-order valence-corrected chi connectivity index (χ2v) is 6.65. The molecule has 2 aromatic rings. The van der Waals surface area contributed by atoms with Gasteiger partial charge >= 0.3 is 5.97 Å². The van der Waals surface area contributed by atoms with Crippen LogP contribution in [0, 0.1) is 0 Å². The number of nitrogens with one attached hydrogen (secondary N) is 1. The average molecular weight is 401 g/mol. The molecular formula is C14H19N5O7S. The maximum atomic E-state index is 12.1. The summed E-state index contributed by atoms with van der Waals surface area (Å²) in [6, 6.07) is 0. The van der Waals surface area contributed by atoms with Gasteiger partial charge in [0.1, 0.15) is 18.3 Å². The number of H-pyrrole nitrogens is 1. The number of nitrogens with zero attached hydrogens (tertiary/aromatic N) is 3. The van der Waals surface area contributed by atoms with Gasteiger partial charge < -0.3 is 30.5 Å². The summed E-state index contributed by atoms with van der Waals surface area (Å²) in [5.41, 5.74) is 4.92. The summed E-state index contributed by atoms with van der Waals surface area (Å²) in [6.45, 7) is 1.36. The van der Waals surface area contributed by atoms with Crippen LogP contribution >= 0.6 is 11.8 Å². The molecule has 3 rings (SSSR count). The van der Waals surface area contributed by atoms with Crippen LogP contribution < -0.4 is 11.3 Å². The number of aliphatic hydroxyl groups is 3. The smallest absolute Gasteiger partial charge is 0.316 e. The van der Waals surface area contributed by atoms with Crippen LogP contribution in [0.2, 0.25) is 0 Å². The molecule has 6 N–H and O–H groups in total. The van der Waals surface area contributed by atoms with Crippen LogP contribution in [0.5, 0.6) is 0 Å². The van der Waals surface area contributed by atoms with Crippen molar-refractivity contribution in [1.82, 2.24) is 19.5 Å². The number of carbonyl (C=O) groups is 1. The first kappa shape index (κ1) is 19.6.